The van der Waals surface area contributed by atoms with Crippen molar-refractivity contribution in [2.24, 2.45) is 0 Å². The lowest BCUT2D eigenvalue weighted by Crippen LogP contribution is -2.23. The largest absolute Gasteiger partial charge is 0.494 e. The molecule has 2 N–H and O–H groups in total. The maximum absolute atomic E-state index is 11.8. The van der Waals surface area contributed by atoms with E-state index >= 15 is 0 Å². The molecular weight excluding hydrogens is 266 g/mol. The number of anilines is 1. The van der Waals surface area contributed by atoms with Crippen LogP contribution in [0.1, 0.15) is 42.5 Å². The normalized spacial score (nSPS) is 17.2. The zero-order valence-electron chi connectivity index (χ0n) is 12.3. The van der Waals surface area contributed by atoms with Crippen LogP contribution in [0.25, 0.3) is 0 Å². The second-order valence-electron chi connectivity index (χ2n) is 5.33. The van der Waals surface area contributed by atoms with Gasteiger partial charge in [-0.3, -0.25) is 9.89 Å². The molecule has 0 spiro atoms. The number of hydrogen-bond donors (Lipinski definition) is 2. The minimum absolute atomic E-state index is 0.00492. The summed E-state index contributed by atoms with van der Waals surface area (Å²) in [5.74, 6) is 1.57. The molecular formula is C16H19N3O2. The number of nitrogens with zero attached hydrogens (tertiary/aromatic N) is 1. The molecule has 2 aromatic rings. The van der Waals surface area contributed by atoms with Crippen LogP contribution in [0, 0.1) is 6.92 Å². The van der Waals surface area contributed by atoms with Gasteiger partial charge in [0.25, 0.3) is 0 Å². The summed E-state index contributed by atoms with van der Waals surface area (Å²) in [6, 6.07) is 7.99. The molecule has 3 rings (SSSR count). The maximum atomic E-state index is 11.8. The molecule has 1 atom stereocenters. The van der Waals surface area contributed by atoms with E-state index in [4.69, 9.17) is 4.74 Å². The molecule has 0 radical (unpaired) electrons. The fourth-order valence-corrected chi connectivity index (χ4v) is 2.73. The molecule has 0 unspecified atom stereocenters. The highest BCUT2D eigenvalue weighted by atomic mass is 16.5. The van der Waals surface area contributed by atoms with E-state index in [9.17, 15) is 4.79 Å². The Morgan fingerprint density at radius 2 is 2.10 bits per heavy atom. The fourth-order valence-electron chi connectivity index (χ4n) is 2.73. The molecule has 21 heavy (non-hydrogen) atoms. The Labute approximate surface area is 123 Å². The summed E-state index contributed by atoms with van der Waals surface area (Å²) < 4.78 is 5.60. The standard InChI is InChI=1S/C16H19N3O2/c1-3-8-21-12-6-4-11(5-7-12)13-9-14(20)17-16-15(13)10(2)18-19-16/h4-7,13H,3,8-9H2,1-2H3,(H2,17,18,19,20)/t13-/m0/s1. The predicted molar refractivity (Wildman–Crippen MR) is 80.6 cm³/mol. The quantitative estimate of drug-likeness (QED) is 0.907. The molecule has 2 heterocycles. The SMILES string of the molecule is CCCOc1ccc([C@@H]2CC(=O)Nc3n[nH]c(C)c32)cc1. The summed E-state index contributed by atoms with van der Waals surface area (Å²) in [6.45, 7) is 4.78. The smallest absolute Gasteiger partial charge is 0.226 e. The Hall–Kier alpha value is -2.30. The molecule has 1 amide bonds. The van der Waals surface area contributed by atoms with Gasteiger partial charge in [-0.2, -0.15) is 5.10 Å². The summed E-state index contributed by atoms with van der Waals surface area (Å²) in [4.78, 5) is 11.8. The number of amides is 1. The van der Waals surface area contributed by atoms with Crippen LogP contribution < -0.4 is 10.1 Å². The number of carbonyl (C=O) groups is 1. The minimum Gasteiger partial charge on any atom is -0.494 e. The number of aromatic nitrogens is 2. The van der Waals surface area contributed by atoms with E-state index in [1.54, 1.807) is 0 Å². The van der Waals surface area contributed by atoms with Gasteiger partial charge >= 0.3 is 0 Å². The monoisotopic (exact) mass is 285 g/mol. The van der Waals surface area contributed by atoms with Gasteiger partial charge in [0.05, 0.1) is 6.61 Å². The first kappa shape index (κ1) is 13.7. The van der Waals surface area contributed by atoms with Crippen molar-refractivity contribution in [2.75, 3.05) is 11.9 Å². The zero-order valence-corrected chi connectivity index (χ0v) is 12.3. The first-order valence-corrected chi connectivity index (χ1v) is 7.26. The Bertz CT molecular complexity index is 646. The van der Waals surface area contributed by atoms with Crippen LogP contribution in [0.2, 0.25) is 0 Å². The van der Waals surface area contributed by atoms with E-state index in [2.05, 4.69) is 22.4 Å². The molecule has 1 aliphatic rings. The highest BCUT2D eigenvalue weighted by molar-refractivity contribution is 5.94. The number of carbonyl (C=O) groups excluding carboxylic acids is 1. The lowest BCUT2D eigenvalue weighted by molar-refractivity contribution is -0.116. The van der Waals surface area contributed by atoms with Gasteiger partial charge in [0.15, 0.2) is 5.82 Å². The first-order valence-electron chi connectivity index (χ1n) is 7.26. The summed E-state index contributed by atoms with van der Waals surface area (Å²) in [5, 5.41) is 9.92. The van der Waals surface area contributed by atoms with E-state index < -0.39 is 0 Å². The second-order valence-corrected chi connectivity index (χ2v) is 5.33. The molecule has 0 saturated heterocycles. The van der Waals surface area contributed by atoms with Crippen molar-refractivity contribution in [2.45, 2.75) is 32.6 Å². The molecule has 1 aliphatic heterocycles. The van der Waals surface area contributed by atoms with Crippen LogP contribution in [0.3, 0.4) is 0 Å². The number of aromatic amines is 1. The Kier molecular flexibility index (Phi) is 3.64. The molecule has 110 valence electrons. The summed E-state index contributed by atoms with van der Waals surface area (Å²) in [6.07, 6.45) is 1.44. The summed E-state index contributed by atoms with van der Waals surface area (Å²) >= 11 is 0. The fraction of sp³-hybridized carbons (Fsp3) is 0.375. The van der Waals surface area contributed by atoms with Gasteiger partial charge in [-0.25, -0.2) is 0 Å². The van der Waals surface area contributed by atoms with Crippen LogP contribution in [0.15, 0.2) is 24.3 Å². The molecule has 0 bridgehead atoms. The van der Waals surface area contributed by atoms with Gasteiger partial charge in [-0.05, 0) is 31.0 Å². The van der Waals surface area contributed by atoms with E-state index in [0.29, 0.717) is 12.2 Å². The number of hydrogen-bond acceptors (Lipinski definition) is 3. The Morgan fingerprint density at radius 3 is 2.81 bits per heavy atom. The molecule has 1 aromatic heterocycles. The van der Waals surface area contributed by atoms with Gasteiger partial charge in [-0.15, -0.1) is 0 Å². The number of fused-ring (bicyclic) bond motifs is 1. The van der Waals surface area contributed by atoms with Crippen LogP contribution in [-0.4, -0.2) is 22.7 Å². The number of H-pyrrole nitrogens is 1. The number of rotatable bonds is 4. The van der Waals surface area contributed by atoms with Crippen LogP contribution in [-0.2, 0) is 4.79 Å². The lowest BCUT2D eigenvalue weighted by atomic mass is 9.86. The number of nitrogens with one attached hydrogen (secondary N) is 2. The van der Waals surface area contributed by atoms with Gasteiger partial charge in [0.1, 0.15) is 5.75 Å². The summed E-state index contributed by atoms with van der Waals surface area (Å²) in [7, 11) is 0. The van der Waals surface area contributed by atoms with Crippen molar-refractivity contribution in [3.63, 3.8) is 0 Å². The van der Waals surface area contributed by atoms with Crippen LogP contribution in [0.5, 0.6) is 5.75 Å². The van der Waals surface area contributed by atoms with Crippen molar-refractivity contribution in [1.29, 1.82) is 0 Å². The molecule has 0 fully saturated rings. The van der Waals surface area contributed by atoms with Gasteiger partial charge in [0, 0.05) is 23.6 Å². The Balaban J connectivity index is 1.89. The van der Waals surface area contributed by atoms with E-state index in [1.807, 2.05) is 31.2 Å². The highest BCUT2D eigenvalue weighted by Crippen LogP contribution is 2.38. The predicted octanol–water partition coefficient (Wildman–Crippen LogP) is 2.98. The Morgan fingerprint density at radius 1 is 1.33 bits per heavy atom. The molecule has 0 saturated carbocycles. The first-order chi connectivity index (χ1) is 10.2. The van der Waals surface area contributed by atoms with Crippen molar-refractivity contribution < 1.29 is 9.53 Å². The maximum Gasteiger partial charge on any atom is 0.226 e. The van der Waals surface area contributed by atoms with Crippen molar-refractivity contribution >= 4 is 11.7 Å². The average molecular weight is 285 g/mol. The average Bonchev–Trinajstić information content (AvgIpc) is 2.86. The van der Waals surface area contributed by atoms with Crippen molar-refractivity contribution in [1.82, 2.24) is 10.2 Å². The third-order valence-electron chi connectivity index (χ3n) is 3.75. The third kappa shape index (κ3) is 2.63. The second kappa shape index (κ2) is 5.60. The zero-order chi connectivity index (χ0) is 14.8. The van der Waals surface area contributed by atoms with E-state index in [-0.39, 0.29) is 11.8 Å². The van der Waals surface area contributed by atoms with E-state index in [1.165, 1.54) is 0 Å². The number of benzene rings is 1. The van der Waals surface area contributed by atoms with Crippen LogP contribution >= 0.6 is 0 Å². The number of ether oxygens (including phenoxy) is 1. The molecule has 5 heteroatoms. The van der Waals surface area contributed by atoms with Gasteiger partial charge in [0.2, 0.25) is 5.91 Å². The van der Waals surface area contributed by atoms with Gasteiger partial charge in [-0.1, -0.05) is 19.1 Å². The van der Waals surface area contributed by atoms with Crippen molar-refractivity contribution in [3.05, 3.63) is 41.1 Å². The molecule has 1 aromatic carbocycles. The topological polar surface area (TPSA) is 67.0 Å². The van der Waals surface area contributed by atoms with Crippen LogP contribution in [0.4, 0.5) is 5.82 Å². The molecule has 0 aliphatic carbocycles. The minimum atomic E-state index is 0.00492. The number of aryl methyl sites for hydroxylation is 1. The summed E-state index contributed by atoms with van der Waals surface area (Å²) in [5.41, 5.74) is 3.19. The lowest BCUT2D eigenvalue weighted by Gasteiger charge is -2.23. The third-order valence-corrected chi connectivity index (χ3v) is 3.75. The molecule has 5 nitrogen and oxygen atoms in total. The van der Waals surface area contributed by atoms with Crippen molar-refractivity contribution in [3.8, 4) is 5.75 Å². The van der Waals surface area contributed by atoms with Gasteiger partial charge < -0.3 is 10.1 Å². The van der Waals surface area contributed by atoms with E-state index in [0.717, 1.165) is 35.6 Å². The highest BCUT2D eigenvalue weighted by Gasteiger charge is 2.30.